The zero-order valence-electron chi connectivity index (χ0n) is 10.1. The fraction of sp³-hybridized carbons (Fsp3) is 0.462. The number of rotatable bonds is 4. The second-order valence-corrected chi connectivity index (χ2v) is 3.84. The van der Waals surface area contributed by atoms with Gasteiger partial charge in [0, 0.05) is 18.8 Å². The molecule has 1 aromatic rings. The third-order valence-corrected chi connectivity index (χ3v) is 2.67. The van der Waals surface area contributed by atoms with Crippen molar-refractivity contribution in [2.45, 2.75) is 6.92 Å². The number of hydrogen-bond donors (Lipinski definition) is 0. The van der Waals surface area contributed by atoms with E-state index in [2.05, 4.69) is 22.2 Å². The van der Waals surface area contributed by atoms with Gasteiger partial charge in [-0.15, -0.1) is 0 Å². The van der Waals surface area contributed by atoms with Crippen LogP contribution in [0.1, 0.15) is 12.5 Å². The van der Waals surface area contributed by atoms with E-state index in [-0.39, 0.29) is 0 Å². The third-order valence-electron chi connectivity index (χ3n) is 2.67. The molecular formula is C13H18N2O2. The molecule has 0 N–H and O–H groups in total. The summed E-state index contributed by atoms with van der Waals surface area (Å²) in [6.45, 7) is 6.07. The van der Waals surface area contributed by atoms with Crippen LogP contribution in [0.25, 0.3) is 0 Å². The van der Waals surface area contributed by atoms with Crippen molar-refractivity contribution in [3.8, 4) is 0 Å². The molecule has 1 fully saturated rings. The van der Waals surface area contributed by atoms with E-state index in [0.29, 0.717) is 6.61 Å². The molecule has 1 aliphatic rings. The molecule has 0 bridgehead atoms. The van der Waals surface area contributed by atoms with Gasteiger partial charge in [-0.1, -0.05) is 17.3 Å². The molecule has 1 saturated heterocycles. The first kappa shape index (κ1) is 11.9. The van der Waals surface area contributed by atoms with Gasteiger partial charge in [-0.05, 0) is 24.6 Å². The van der Waals surface area contributed by atoms with Gasteiger partial charge in [0.25, 0.3) is 0 Å². The highest BCUT2D eigenvalue weighted by Gasteiger charge is 2.10. The lowest BCUT2D eigenvalue weighted by molar-refractivity contribution is 0.122. The van der Waals surface area contributed by atoms with Crippen molar-refractivity contribution in [2.24, 2.45) is 5.16 Å². The van der Waals surface area contributed by atoms with E-state index in [1.54, 1.807) is 6.21 Å². The van der Waals surface area contributed by atoms with Crippen LogP contribution in [0, 0.1) is 0 Å². The summed E-state index contributed by atoms with van der Waals surface area (Å²) in [5.41, 5.74) is 2.29. The molecule has 1 aromatic carbocycles. The molecule has 0 radical (unpaired) electrons. The molecule has 0 amide bonds. The Hall–Kier alpha value is -1.55. The Morgan fingerprint density at radius 3 is 2.65 bits per heavy atom. The first-order valence-corrected chi connectivity index (χ1v) is 5.98. The molecule has 2 rings (SSSR count). The van der Waals surface area contributed by atoms with E-state index in [4.69, 9.17) is 9.57 Å². The predicted octanol–water partition coefficient (Wildman–Crippen LogP) is 1.89. The fourth-order valence-corrected chi connectivity index (χ4v) is 1.77. The maximum atomic E-state index is 5.33. The highest BCUT2D eigenvalue weighted by atomic mass is 16.6. The van der Waals surface area contributed by atoms with Gasteiger partial charge < -0.3 is 14.5 Å². The van der Waals surface area contributed by atoms with Crippen molar-refractivity contribution in [1.29, 1.82) is 0 Å². The van der Waals surface area contributed by atoms with Gasteiger partial charge in [-0.3, -0.25) is 0 Å². The van der Waals surface area contributed by atoms with Gasteiger partial charge in [0.15, 0.2) is 0 Å². The van der Waals surface area contributed by atoms with Gasteiger partial charge in [0.1, 0.15) is 6.61 Å². The summed E-state index contributed by atoms with van der Waals surface area (Å²) in [5.74, 6) is 0. The topological polar surface area (TPSA) is 34.1 Å². The predicted molar refractivity (Wildman–Crippen MR) is 68.7 cm³/mol. The lowest BCUT2D eigenvalue weighted by Gasteiger charge is -2.28. The van der Waals surface area contributed by atoms with Gasteiger partial charge in [-0.2, -0.15) is 0 Å². The monoisotopic (exact) mass is 234 g/mol. The molecule has 0 aromatic heterocycles. The molecule has 1 aliphatic heterocycles. The van der Waals surface area contributed by atoms with Gasteiger partial charge in [0.05, 0.1) is 19.4 Å². The highest BCUT2D eigenvalue weighted by molar-refractivity contribution is 5.79. The number of hydrogen-bond acceptors (Lipinski definition) is 4. The minimum absolute atomic E-state index is 0.600. The van der Waals surface area contributed by atoms with E-state index in [9.17, 15) is 0 Å². The standard InChI is InChI=1S/C13H18N2O2/c1-2-17-14-11-12-3-5-13(6-4-12)15-7-9-16-10-8-15/h3-6,11H,2,7-10H2,1H3. The van der Waals surface area contributed by atoms with E-state index in [0.717, 1.165) is 31.9 Å². The Bertz CT molecular complexity index is 356. The average Bonchev–Trinajstić information content (AvgIpc) is 2.41. The number of nitrogens with zero attached hydrogens (tertiary/aromatic N) is 2. The molecule has 0 saturated carbocycles. The molecule has 92 valence electrons. The Morgan fingerprint density at radius 1 is 1.29 bits per heavy atom. The average molecular weight is 234 g/mol. The smallest absolute Gasteiger partial charge is 0.114 e. The zero-order valence-corrected chi connectivity index (χ0v) is 10.1. The number of anilines is 1. The SMILES string of the molecule is CCON=Cc1ccc(N2CCOCC2)cc1. The second-order valence-electron chi connectivity index (χ2n) is 3.84. The quantitative estimate of drug-likeness (QED) is 0.589. The van der Waals surface area contributed by atoms with E-state index < -0.39 is 0 Å². The number of morpholine rings is 1. The summed E-state index contributed by atoms with van der Waals surface area (Å²) >= 11 is 0. The van der Waals surface area contributed by atoms with Crippen molar-refractivity contribution in [2.75, 3.05) is 37.8 Å². The molecule has 0 aliphatic carbocycles. The van der Waals surface area contributed by atoms with Crippen LogP contribution in [0.2, 0.25) is 0 Å². The second kappa shape index (κ2) is 6.25. The van der Waals surface area contributed by atoms with Gasteiger partial charge in [0.2, 0.25) is 0 Å². The van der Waals surface area contributed by atoms with Gasteiger partial charge in [-0.25, -0.2) is 0 Å². The lowest BCUT2D eigenvalue weighted by Crippen LogP contribution is -2.36. The molecule has 1 heterocycles. The van der Waals surface area contributed by atoms with Crippen molar-refractivity contribution in [3.05, 3.63) is 29.8 Å². The largest absolute Gasteiger partial charge is 0.396 e. The Balaban J connectivity index is 1.97. The van der Waals surface area contributed by atoms with Crippen LogP contribution in [0.3, 0.4) is 0 Å². The van der Waals surface area contributed by atoms with Gasteiger partial charge >= 0.3 is 0 Å². The number of oxime groups is 1. The normalized spacial score (nSPS) is 16.4. The molecular weight excluding hydrogens is 216 g/mol. The van der Waals surface area contributed by atoms with Crippen molar-refractivity contribution >= 4 is 11.9 Å². The minimum Gasteiger partial charge on any atom is -0.396 e. The Morgan fingerprint density at radius 2 is 2.00 bits per heavy atom. The van der Waals surface area contributed by atoms with Crippen LogP contribution >= 0.6 is 0 Å². The Labute approximate surface area is 102 Å². The molecule has 0 unspecified atom stereocenters. The Kier molecular flexibility index (Phi) is 4.38. The van der Waals surface area contributed by atoms with Crippen LogP contribution in [0.15, 0.2) is 29.4 Å². The molecule has 4 nitrogen and oxygen atoms in total. The zero-order chi connectivity index (χ0) is 11.9. The summed E-state index contributed by atoms with van der Waals surface area (Å²) in [6.07, 6.45) is 1.73. The van der Waals surface area contributed by atoms with Crippen LogP contribution in [-0.4, -0.2) is 39.1 Å². The molecule has 0 atom stereocenters. The first-order valence-electron chi connectivity index (χ1n) is 5.98. The summed E-state index contributed by atoms with van der Waals surface area (Å²) in [5, 5.41) is 3.84. The van der Waals surface area contributed by atoms with Crippen LogP contribution < -0.4 is 4.90 Å². The van der Waals surface area contributed by atoms with Crippen LogP contribution in [-0.2, 0) is 9.57 Å². The maximum absolute atomic E-state index is 5.33. The summed E-state index contributed by atoms with van der Waals surface area (Å²) in [6, 6.07) is 8.32. The lowest BCUT2D eigenvalue weighted by atomic mass is 10.2. The van der Waals surface area contributed by atoms with Crippen LogP contribution in [0.5, 0.6) is 0 Å². The summed E-state index contributed by atoms with van der Waals surface area (Å²) in [4.78, 5) is 7.25. The molecule has 0 spiro atoms. The van der Waals surface area contributed by atoms with E-state index in [1.807, 2.05) is 19.1 Å². The summed E-state index contributed by atoms with van der Waals surface area (Å²) < 4.78 is 5.33. The summed E-state index contributed by atoms with van der Waals surface area (Å²) in [7, 11) is 0. The van der Waals surface area contributed by atoms with E-state index in [1.165, 1.54) is 5.69 Å². The first-order chi connectivity index (χ1) is 8.40. The minimum atomic E-state index is 0.600. The van der Waals surface area contributed by atoms with Crippen LogP contribution in [0.4, 0.5) is 5.69 Å². The van der Waals surface area contributed by atoms with E-state index >= 15 is 0 Å². The number of ether oxygens (including phenoxy) is 1. The van der Waals surface area contributed by atoms with Crippen molar-refractivity contribution < 1.29 is 9.57 Å². The number of benzene rings is 1. The molecule has 17 heavy (non-hydrogen) atoms. The fourth-order valence-electron chi connectivity index (χ4n) is 1.77. The molecule has 4 heteroatoms. The van der Waals surface area contributed by atoms with Crippen molar-refractivity contribution in [3.63, 3.8) is 0 Å². The third kappa shape index (κ3) is 3.46. The highest BCUT2D eigenvalue weighted by Crippen LogP contribution is 2.15. The van der Waals surface area contributed by atoms with Crippen molar-refractivity contribution in [1.82, 2.24) is 0 Å². The maximum Gasteiger partial charge on any atom is 0.114 e.